The molecule has 4 saturated carbocycles. The van der Waals surface area contributed by atoms with Crippen LogP contribution in [0.4, 0.5) is 0 Å². The van der Waals surface area contributed by atoms with Crippen LogP contribution >= 0.6 is 0 Å². The number of Topliss-reactive ketones (excluding diaryl/α,β-unsaturated/α-hetero) is 1. The van der Waals surface area contributed by atoms with E-state index in [0.29, 0.717) is 24.2 Å². The molecule has 4 heteroatoms. The molecule has 0 unspecified atom stereocenters. The highest BCUT2D eigenvalue weighted by atomic mass is 16.3. The first kappa shape index (κ1) is 18.6. The number of aliphatic hydroxyl groups is 2. The third kappa shape index (κ3) is 2.83. The van der Waals surface area contributed by atoms with Crippen molar-refractivity contribution < 1.29 is 19.4 Å². The first-order valence-corrected chi connectivity index (χ1v) is 11.1. The molecule has 0 radical (unpaired) electrons. The number of fused-ring (bicyclic) bond motifs is 5. The number of hydrogen-bond acceptors (Lipinski definition) is 4. The molecule has 0 saturated heterocycles. The fourth-order valence-corrected chi connectivity index (χ4v) is 7.52. The minimum absolute atomic E-state index is 0.0412. The van der Waals surface area contributed by atoms with E-state index in [0.717, 1.165) is 56.3 Å². The van der Waals surface area contributed by atoms with E-state index in [1.807, 2.05) is 18.2 Å². The second-order valence-corrected chi connectivity index (χ2v) is 10.1. The van der Waals surface area contributed by atoms with Crippen LogP contribution in [0.25, 0.3) is 6.08 Å². The zero-order chi connectivity index (χ0) is 19.5. The van der Waals surface area contributed by atoms with E-state index in [-0.39, 0.29) is 29.1 Å². The van der Waals surface area contributed by atoms with E-state index in [9.17, 15) is 15.0 Å². The molecule has 4 aliphatic carbocycles. The van der Waals surface area contributed by atoms with Gasteiger partial charge in [-0.15, -0.1) is 0 Å². The van der Waals surface area contributed by atoms with Gasteiger partial charge in [-0.1, -0.05) is 6.92 Å². The summed E-state index contributed by atoms with van der Waals surface area (Å²) in [5.74, 6) is 2.57. The number of allylic oxidation sites excluding steroid dienone is 1. The van der Waals surface area contributed by atoms with Crippen LogP contribution in [0.5, 0.6) is 0 Å². The molecule has 1 aromatic heterocycles. The molecule has 8 atom stereocenters. The Bertz CT molecular complexity index is 766. The Morgan fingerprint density at radius 2 is 2.00 bits per heavy atom. The molecule has 0 aliphatic heterocycles. The molecule has 0 bridgehead atoms. The highest BCUT2D eigenvalue weighted by molar-refractivity contribution is 6.01. The van der Waals surface area contributed by atoms with Crippen molar-refractivity contribution in [1.82, 2.24) is 0 Å². The quantitative estimate of drug-likeness (QED) is 0.712. The molecule has 2 N–H and O–H groups in total. The molecule has 1 heterocycles. The first-order valence-electron chi connectivity index (χ1n) is 11.1. The summed E-state index contributed by atoms with van der Waals surface area (Å²) in [5.41, 5.74) is 0.974. The lowest BCUT2D eigenvalue weighted by atomic mass is 9.45. The lowest BCUT2D eigenvalue weighted by Crippen LogP contribution is -2.58. The predicted molar refractivity (Wildman–Crippen MR) is 106 cm³/mol. The van der Waals surface area contributed by atoms with Crippen molar-refractivity contribution in [2.45, 2.75) is 70.5 Å². The van der Waals surface area contributed by atoms with E-state index < -0.39 is 6.10 Å². The van der Waals surface area contributed by atoms with E-state index in [4.69, 9.17) is 4.42 Å². The third-order valence-corrected chi connectivity index (χ3v) is 8.81. The summed E-state index contributed by atoms with van der Waals surface area (Å²) in [4.78, 5) is 13.3. The van der Waals surface area contributed by atoms with Crippen LogP contribution in [-0.2, 0) is 4.79 Å². The van der Waals surface area contributed by atoms with E-state index in [2.05, 4.69) is 6.92 Å². The SMILES string of the molecule is C[C@]12CC[C@H](O)C[C@@H]1CC[C@@H]1[C@@H]3CC/C(=C\c4ccco4)C(=O)[C@@H]3C[C@@H](O)[C@H]12. The van der Waals surface area contributed by atoms with Crippen molar-refractivity contribution in [2.75, 3.05) is 0 Å². The molecular formula is C24H32O4. The molecular weight excluding hydrogens is 352 g/mol. The third-order valence-electron chi connectivity index (χ3n) is 8.81. The van der Waals surface area contributed by atoms with Gasteiger partial charge in [-0.2, -0.15) is 0 Å². The minimum Gasteiger partial charge on any atom is -0.465 e. The van der Waals surface area contributed by atoms with E-state index in [1.165, 1.54) is 0 Å². The number of aliphatic hydroxyl groups excluding tert-OH is 2. The second kappa shape index (κ2) is 6.84. The zero-order valence-corrected chi connectivity index (χ0v) is 16.7. The van der Waals surface area contributed by atoms with Crippen molar-refractivity contribution in [3.8, 4) is 0 Å². The number of carbonyl (C=O) groups excluding carboxylic acids is 1. The van der Waals surface area contributed by atoms with Crippen LogP contribution in [0.15, 0.2) is 28.4 Å². The fourth-order valence-electron chi connectivity index (χ4n) is 7.52. The monoisotopic (exact) mass is 384 g/mol. The fraction of sp³-hybridized carbons (Fsp3) is 0.708. The molecule has 4 nitrogen and oxygen atoms in total. The lowest BCUT2D eigenvalue weighted by molar-refractivity contribution is -0.168. The highest BCUT2D eigenvalue weighted by Crippen LogP contribution is 2.62. The Morgan fingerprint density at radius 3 is 2.79 bits per heavy atom. The molecule has 0 spiro atoms. The summed E-state index contributed by atoms with van der Waals surface area (Å²) in [6.45, 7) is 2.36. The molecule has 0 aromatic carbocycles. The Labute approximate surface area is 167 Å². The van der Waals surface area contributed by atoms with Gasteiger partial charge in [0.25, 0.3) is 0 Å². The van der Waals surface area contributed by atoms with Gasteiger partial charge in [0, 0.05) is 5.92 Å². The van der Waals surface area contributed by atoms with Crippen LogP contribution in [0.2, 0.25) is 0 Å². The Morgan fingerprint density at radius 1 is 1.14 bits per heavy atom. The molecule has 4 aliphatic rings. The maximum absolute atomic E-state index is 13.3. The van der Waals surface area contributed by atoms with Crippen LogP contribution in [0.1, 0.15) is 64.1 Å². The summed E-state index contributed by atoms with van der Waals surface area (Å²) in [7, 11) is 0. The van der Waals surface area contributed by atoms with Gasteiger partial charge < -0.3 is 14.6 Å². The minimum atomic E-state index is -0.402. The summed E-state index contributed by atoms with van der Waals surface area (Å²) in [6, 6.07) is 3.73. The number of rotatable bonds is 1. The lowest BCUT2D eigenvalue weighted by Gasteiger charge is -2.61. The van der Waals surface area contributed by atoms with Crippen LogP contribution in [-0.4, -0.2) is 28.2 Å². The normalized spacial score (nSPS) is 47.3. The number of carbonyl (C=O) groups is 1. The Kier molecular flexibility index (Phi) is 4.55. The Hall–Kier alpha value is -1.39. The van der Waals surface area contributed by atoms with Gasteiger partial charge in [0.05, 0.1) is 18.5 Å². The maximum atomic E-state index is 13.3. The maximum Gasteiger partial charge on any atom is 0.162 e. The van der Waals surface area contributed by atoms with Crippen molar-refractivity contribution in [2.24, 2.45) is 35.0 Å². The van der Waals surface area contributed by atoms with Gasteiger partial charge in [-0.05, 0) is 104 Å². The average molecular weight is 385 g/mol. The molecule has 28 heavy (non-hydrogen) atoms. The summed E-state index contributed by atoms with van der Waals surface area (Å²) in [5, 5.41) is 21.4. The van der Waals surface area contributed by atoms with Gasteiger partial charge in [0.2, 0.25) is 0 Å². The van der Waals surface area contributed by atoms with Gasteiger partial charge >= 0.3 is 0 Å². The number of furan rings is 1. The number of hydrogen-bond donors (Lipinski definition) is 2. The van der Waals surface area contributed by atoms with Crippen LogP contribution in [0, 0.1) is 35.0 Å². The largest absolute Gasteiger partial charge is 0.465 e. The first-order chi connectivity index (χ1) is 13.5. The standard InChI is InChI=1S/C24H32O4/c1-24-9-8-16(25)12-15(24)5-7-19-18-6-4-14(11-17-3-2-10-28-17)23(27)20(18)13-21(26)22(19)24/h2-3,10-11,15-16,18-22,25-26H,4-9,12-13H2,1H3/b14-11+/t15-,16-,18-,19+,20+,21+,22-,24-/m0/s1. The van der Waals surface area contributed by atoms with Gasteiger partial charge in [-0.25, -0.2) is 0 Å². The van der Waals surface area contributed by atoms with Crippen molar-refractivity contribution in [3.05, 3.63) is 29.7 Å². The molecule has 152 valence electrons. The average Bonchev–Trinajstić information content (AvgIpc) is 3.18. The topological polar surface area (TPSA) is 70.7 Å². The molecule has 0 amide bonds. The zero-order valence-electron chi connectivity index (χ0n) is 16.7. The Balaban J connectivity index is 1.41. The molecule has 4 fully saturated rings. The highest BCUT2D eigenvalue weighted by Gasteiger charge is 2.59. The summed E-state index contributed by atoms with van der Waals surface area (Å²) in [6.07, 6.45) is 10.4. The van der Waals surface area contributed by atoms with Crippen molar-refractivity contribution >= 4 is 11.9 Å². The van der Waals surface area contributed by atoms with E-state index >= 15 is 0 Å². The molecule has 1 aromatic rings. The smallest absolute Gasteiger partial charge is 0.162 e. The van der Waals surface area contributed by atoms with Gasteiger partial charge in [0.1, 0.15) is 5.76 Å². The van der Waals surface area contributed by atoms with Crippen LogP contribution in [0.3, 0.4) is 0 Å². The molecule has 5 rings (SSSR count). The van der Waals surface area contributed by atoms with Crippen molar-refractivity contribution in [1.29, 1.82) is 0 Å². The summed E-state index contributed by atoms with van der Waals surface area (Å²) < 4.78 is 5.41. The van der Waals surface area contributed by atoms with Crippen LogP contribution < -0.4 is 0 Å². The van der Waals surface area contributed by atoms with E-state index in [1.54, 1.807) is 6.26 Å². The summed E-state index contributed by atoms with van der Waals surface area (Å²) >= 11 is 0. The second-order valence-electron chi connectivity index (χ2n) is 10.1. The predicted octanol–water partition coefficient (Wildman–Crippen LogP) is 4.22. The van der Waals surface area contributed by atoms with Gasteiger partial charge in [0.15, 0.2) is 5.78 Å². The van der Waals surface area contributed by atoms with Crippen molar-refractivity contribution in [3.63, 3.8) is 0 Å². The number of ketones is 1. The van der Waals surface area contributed by atoms with Gasteiger partial charge in [-0.3, -0.25) is 4.79 Å².